The molecule has 1 fully saturated rings. The fourth-order valence-electron chi connectivity index (χ4n) is 1.61. The van der Waals surface area contributed by atoms with Crippen LogP contribution in [0.2, 0.25) is 0 Å². The number of nitrogen functional groups attached to an aromatic ring is 1. The minimum Gasteiger partial charge on any atom is -0.378 e. The Morgan fingerprint density at radius 3 is 2.67 bits per heavy atom. The zero-order valence-electron chi connectivity index (χ0n) is 8.48. The smallest absolute Gasteiger partial charge is 0.0642 e. The summed E-state index contributed by atoms with van der Waals surface area (Å²) in [4.78, 5) is 2.30. The maximum absolute atomic E-state index is 5.36. The number of hydrogen-bond acceptors (Lipinski definition) is 4. The number of nitrogens with one attached hydrogen (secondary N) is 1. The number of hydrazine groups is 1. The topological polar surface area (TPSA) is 50.5 Å². The third kappa shape index (κ3) is 2.99. The number of rotatable bonds is 2. The van der Waals surface area contributed by atoms with Gasteiger partial charge in [0, 0.05) is 18.8 Å². The number of halogens is 1. The van der Waals surface area contributed by atoms with Crippen LogP contribution in [-0.4, -0.2) is 26.3 Å². The first-order valence-electron chi connectivity index (χ1n) is 4.79. The van der Waals surface area contributed by atoms with Crippen LogP contribution in [0.25, 0.3) is 0 Å². The molecule has 2 rings (SSSR count). The Labute approximate surface area is 95.8 Å². The van der Waals surface area contributed by atoms with Gasteiger partial charge in [-0.3, -0.25) is 5.84 Å². The molecule has 15 heavy (non-hydrogen) atoms. The minimum absolute atomic E-state index is 0. The van der Waals surface area contributed by atoms with E-state index in [0.717, 1.165) is 32.0 Å². The van der Waals surface area contributed by atoms with Crippen LogP contribution in [0.4, 0.5) is 11.4 Å². The van der Waals surface area contributed by atoms with Crippen LogP contribution in [0.1, 0.15) is 0 Å². The van der Waals surface area contributed by atoms with Crippen molar-refractivity contribution >= 4 is 23.8 Å². The van der Waals surface area contributed by atoms with Gasteiger partial charge in [0.15, 0.2) is 0 Å². The molecule has 1 aromatic carbocycles. The summed E-state index contributed by atoms with van der Waals surface area (Å²) >= 11 is 0. The van der Waals surface area contributed by atoms with Crippen LogP contribution in [-0.2, 0) is 4.74 Å². The summed E-state index contributed by atoms with van der Waals surface area (Å²) in [5.74, 6) is 5.36. The molecule has 1 aromatic rings. The quantitative estimate of drug-likeness (QED) is 0.592. The van der Waals surface area contributed by atoms with Crippen molar-refractivity contribution in [2.75, 3.05) is 36.6 Å². The molecule has 84 valence electrons. The van der Waals surface area contributed by atoms with Crippen LogP contribution < -0.4 is 16.2 Å². The highest BCUT2D eigenvalue weighted by molar-refractivity contribution is 5.85. The molecule has 0 radical (unpaired) electrons. The molecule has 1 aliphatic rings. The van der Waals surface area contributed by atoms with Gasteiger partial charge >= 0.3 is 0 Å². The Morgan fingerprint density at radius 1 is 1.27 bits per heavy atom. The minimum atomic E-state index is 0. The average molecular weight is 230 g/mol. The second kappa shape index (κ2) is 5.80. The van der Waals surface area contributed by atoms with Gasteiger partial charge in [0.05, 0.1) is 18.9 Å². The first-order valence-corrected chi connectivity index (χ1v) is 4.79. The summed E-state index contributed by atoms with van der Waals surface area (Å²) in [5, 5.41) is 0. The SMILES string of the molecule is Cl.NNc1cccc(N2CCOCC2)c1. The Hall–Kier alpha value is -0.970. The predicted octanol–water partition coefficient (Wildman–Crippen LogP) is 1.23. The van der Waals surface area contributed by atoms with Crippen LogP contribution >= 0.6 is 12.4 Å². The van der Waals surface area contributed by atoms with E-state index in [9.17, 15) is 0 Å². The molecule has 0 unspecified atom stereocenters. The molecule has 0 aromatic heterocycles. The van der Waals surface area contributed by atoms with Gasteiger partial charge in [0.1, 0.15) is 0 Å². The number of nitrogens with two attached hydrogens (primary N) is 1. The van der Waals surface area contributed by atoms with Gasteiger partial charge in [-0.2, -0.15) is 0 Å². The van der Waals surface area contributed by atoms with Crippen molar-refractivity contribution in [1.29, 1.82) is 0 Å². The second-order valence-corrected chi connectivity index (χ2v) is 3.29. The Morgan fingerprint density at radius 2 is 2.00 bits per heavy atom. The summed E-state index contributed by atoms with van der Waals surface area (Å²) in [6.45, 7) is 3.52. The summed E-state index contributed by atoms with van der Waals surface area (Å²) in [6.07, 6.45) is 0. The molecule has 0 saturated carbocycles. The Kier molecular flexibility index (Phi) is 4.68. The molecular formula is C10H16ClN3O. The Balaban J connectivity index is 0.00000112. The van der Waals surface area contributed by atoms with E-state index in [1.807, 2.05) is 18.2 Å². The summed E-state index contributed by atoms with van der Waals surface area (Å²) in [7, 11) is 0. The molecule has 0 spiro atoms. The fraction of sp³-hybridized carbons (Fsp3) is 0.400. The molecule has 5 heteroatoms. The number of nitrogens with zero attached hydrogens (tertiary/aromatic N) is 1. The molecule has 0 atom stereocenters. The van der Waals surface area contributed by atoms with Gasteiger partial charge in [0.2, 0.25) is 0 Å². The van der Waals surface area contributed by atoms with Gasteiger partial charge in [0.25, 0.3) is 0 Å². The highest BCUT2D eigenvalue weighted by Crippen LogP contribution is 2.19. The monoisotopic (exact) mass is 229 g/mol. The lowest BCUT2D eigenvalue weighted by atomic mass is 10.2. The fourth-order valence-corrected chi connectivity index (χ4v) is 1.61. The van der Waals surface area contributed by atoms with E-state index in [1.165, 1.54) is 5.69 Å². The van der Waals surface area contributed by atoms with Crippen molar-refractivity contribution in [3.05, 3.63) is 24.3 Å². The van der Waals surface area contributed by atoms with Gasteiger partial charge in [-0.25, -0.2) is 0 Å². The first-order chi connectivity index (χ1) is 6.90. The maximum atomic E-state index is 5.36. The molecule has 4 nitrogen and oxygen atoms in total. The van der Waals surface area contributed by atoms with Gasteiger partial charge in [-0.05, 0) is 18.2 Å². The molecule has 1 heterocycles. The summed E-state index contributed by atoms with van der Waals surface area (Å²) < 4.78 is 5.30. The molecule has 0 amide bonds. The van der Waals surface area contributed by atoms with Gasteiger partial charge in [-0.15, -0.1) is 12.4 Å². The second-order valence-electron chi connectivity index (χ2n) is 3.29. The molecule has 1 saturated heterocycles. The maximum Gasteiger partial charge on any atom is 0.0642 e. The molecule has 3 N–H and O–H groups in total. The van der Waals surface area contributed by atoms with Crippen molar-refractivity contribution in [3.8, 4) is 0 Å². The number of ether oxygens (including phenoxy) is 1. The number of morpholine rings is 1. The van der Waals surface area contributed by atoms with Crippen LogP contribution in [0, 0.1) is 0 Å². The van der Waals surface area contributed by atoms with E-state index in [2.05, 4.69) is 16.4 Å². The largest absolute Gasteiger partial charge is 0.378 e. The van der Waals surface area contributed by atoms with Gasteiger partial charge in [-0.1, -0.05) is 6.07 Å². The van der Waals surface area contributed by atoms with Crippen LogP contribution in [0.15, 0.2) is 24.3 Å². The summed E-state index contributed by atoms with van der Waals surface area (Å²) in [5.41, 5.74) is 4.79. The van der Waals surface area contributed by atoms with Crippen LogP contribution in [0.3, 0.4) is 0 Å². The lowest BCUT2D eigenvalue weighted by molar-refractivity contribution is 0.122. The zero-order valence-corrected chi connectivity index (χ0v) is 9.30. The third-order valence-corrected chi connectivity index (χ3v) is 2.39. The van der Waals surface area contributed by atoms with E-state index < -0.39 is 0 Å². The van der Waals surface area contributed by atoms with E-state index in [-0.39, 0.29) is 12.4 Å². The van der Waals surface area contributed by atoms with E-state index >= 15 is 0 Å². The van der Waals surface area contributed by atoms with Crippen molar-refractivity contribution in [2.45, 2.75) is 0 Å². The predicted molar refractivity (Wildman–Crippen MR) is 64.5 cm³/mol. The highest BCUT2D eigenvalue weighted by Gasteiger charge is 2.10. The molecular weight excluding hydrogens is 214 g/mol. The van der Waals surface area contributed by atoms with Crippen molar-refractivity contribution < 1.29 is 4.74 Å². The molecule has 1 aliphatic heterocycles. The van der Waals surface area contributed by atoms with Gasteiger partial charge < -0.3 is 15.1 Å². The number of anilines is 2. The van der Waals surface area contributed by atoms with E-state index in [4.69, 9.17) is 10.6 Å². The third-order valence-electron chi connectivity index (χ3n) is 2.39. The van der Waals surface area contributed by atoms with E-state index in [0.29, 0.717) is 0 Å². The lowest BCUT2D eigenvalue weighted by Gasteiger charge is -2.29. The lowest BCUT2D eigenvalue weighted by Crippen LogP contribution is -2.36. The zero-order chi connectivity index (χ0) is 9.80. The number of hydrogen-bond donors (Lipinski definition) is 2. The molecule has 0 aliphatic carbocycles. The highest BCUT2D eigenvalue weighted by atomic mass is 35.5. The van der Waals surface area contributed by atoms with Crippen molar-refractivity contribution in [2.24, 2.45) is 5.84 Å². The van der Waals surface area contributed by atoms with Crippen molar-refractivity contribution in [1.82, 2.24) is 0 Å². The standard InChI is InChI=1S/C10H15N3O.ClH/c11-12-9-2-1-3-10(8-9)13-4-6-14-7-5-13;/h1-3,8,12H,4-7,11H2;1H. The first kappa shape index (κ1) is 12.1. The normalized spacial score (nSPS) is 15.7. The Bertz CT molecular complexity index is 302. The van der Waals surface area contributed by atoms with Crippen molar-refractivity contribution in [3.63, 3.8) is 0 Å². The molecule has 0 bridgehead atoms. The number of benzene rings is 1. The van der Waals surface area contributed by atoms with Crippen LogP contribution in [0.5, 0.6) is 0 Å². The summed E-state index contributed by atoms with van der Waals surface area (Å²) in [6, 6.07) is 8.08. The average Bonchev–Trinajstić information content (AvgIpc) is 2.30. The van der Waals surface area contributed by atoms with E-state index in [1.54, 1.807) is 0 Å².